The Morgan fingerprint density at radius 3 is 1.18 bits per heavy atom. The summed E-state index contributed by atoms with van der Waals surface area (Å²) in [6, 6.07) is 0. The van der Waals surface area contributed by atoms with E-state index in [0.717, 1.165) is 0 Å². The molecule has 0 fully saturated rings. The van der Waals surface area contributed by atoms with Crippen LogP contribution in [0.15, 0.2) is 0 Å². The zero-order valence-corrected chi connectivity index (χ0v) is 8.81. The first-order chi connectivity index (χ1) is 2.27. The van der Waals surface area contributed by atoms with Gasteiger partial charge in [-0.2, -0.15) is 0 Å². The van der Waals surface area contributed by atoms with Crippen LogP contribution >= 0.6 is 0 Å². The molecule has 0 amide bonds. The summed E-state index contributed by atoms with van der Waals surface area (Å²) in [5.74, 6) is -0.968. The Hall–Kier alpha value is -0.147. The molecule has 0 spiro atoms. The van der Waals surface area contributed by atoms with E-state index in [-0.39, 0.29) is 53.4 Å². The first-order valence-corrected chi connectivity index (χ1v) is 1.19. The van der Waals surface area contributed by atoms with Crippen molar-refractivity contribution in [3.05, 3.63) is 0 Å². The Morgan fingerprint density at radius 2 is 1.18 bits per heavy atom. The van der Waals surface area contributed by atoms with E-state index < -0.39 is 5.97 Å². The van der Waals surface area contributed by atoms with Crippen molar-refractivity contribution in [2.45, 2.75) is 0 Å². The second-order valence-corrected chi connectivity index (χ2v) is 0.598. The van der Waals surface area contributed by atoms with Gasteiger partial charge >= 0.3 is 5.97 Å². The van der Waals surface area contributed by atoms with Crippen molar-refractivity contribution in [3.8, 4) is 0 Å². The van der Waals surface area contributed by atoms with Crippen LogP contribution in [-0.4, -0.2) is 45.0 Å². The largest absolute Gasteiger partial charge is 0.480 e. The molecule has 11 heavy (non-hydrogen) atoms. The first-order valence-electron chi connectivity index (χ1n) is 1.19. The minimum absolute atomic E-state index is 0. The Morgan fingerprint density at radius 1 is 1.09 bits per heavy atom. The van der Waals surface area contributed by atoms with Gasteiger partial charge in [0.25, 0.3) is 0 Å². The summed E-state index contributed by atoms with van der Waals surface area (Å²) in [6.45, 7) is -0.278. The molecular formula is C2H15NO7Zn. The van der Waals surface area contributed by atoms with Crippen LogP contribution in [-0.2, 0) is 24.3 Å². The van der Waals surface area contributed by atoms with Crippen LogP contribution in [0.3, 0.4) is 0 Å². The molecule has 0 saturated heterocycles. The molecule has 0 aromatic carbocycles. The molecule has 0 atom stereocenters. The van der Waals surface area contributed by atoms with Crippen molar-refractivity contribution in [2.75, 3.05) is 6.54 Å². The predicted molar refractivity (Wildman–Crippen MR) is 34.8 cm³/mol. The number of hydrogen-bond donors (Lipinski definition) is 2. The van der Waals surface area contributed by atoms with Crippen molar-refractivity contribution >= 4 is 5.97 Å². The minimum atomic E-state index is -0.968. The molecule has 0 aromatic heterocycles. The number of rotatable bonds is 1. The second-order valence-electron chi connectivity index (χ2n) is 0.598. The zero-order valence-electron chi connectivity index (χ0n) is 5.85. The van der Waals surface area contributed by atoms with Crippen LogP contribution in [0.4, 0.5) is 0 Å². The molecule has 0 radical (unpaired) electrons. The predicted octanol–water partition coefficient (Wildman–Crippen LogP) is -5.10. The summed E-state index contributed by atoms with van der Waals surface area (Å²) < 4.78 is 0. The Kier molecular flexibility index (Phi) is 336. The molecule has 9 heteroatoms. The van der Waals surface area contributed by atoms with Gasteiger partial charge in [0, 0.05) is 19.5 Å². The smallest absolute Gasteiger partial charge is 0.317 e. The number of carboxylic acids is 1. The molecule has 13 N–H and O–H groups in total. The fraction of sp³-hybridized carbons (Fsp3) is 0.500. The van der Waals surface area contributed by atoms with Crippen LogP contribution in [0.2, 0.25) is 0 Å². The zero-order chi connectivity index (χ0) is 4.28. The average Bonchev–Trinajstić information content (AvgIpc) is 1.38. The van der Waals surface area contributed by atoms with Crippen LogP contribution in [0, 0.1) is 0 Å². The van der Waals surface area contributed by atoms with E-state index in [0.29, 0.717) is 0 Å². The molecule has 0 unspecified atom stereocenters. The molecule has 8 nitrogen and oxygen atoms in total. The SMILES string of the molecule is NCC(=O)O.O.O.O.O.O.[Zn]. The van der Waals surface area contributed by atoms with Gasteiger partial charge in [-0.1, -0.05) is 0 Å². The van der Waals surface area contributed by atoms with E-state index >= 15 is 0 Å². The van der Waals surface area contributed by atoms with Gasteiger partial charge in [0.05, 0.1) is 6.54 Å². The van der Waals surface area contributed by atoms with Crippen molar-refractivity contribution < 1.29 is 56.8 Å². The number of carbonyl (C=O) groups is 1. The molecule has 0 aliphatic carbocycles. The Balaban J connectivity index is -0.00000000533. The summed E-state index contributed by atoms with van der Waals surface area (Å²) in [7, 11) is 0. The average molecular weight is 231 g/mol. The van der Waals surface area contributed by atoms with E-state index in [9.17, 15) is 4.79 Å². The Labute approximate surface area is 75.7 Å². The van der Waals surface area contributed by atoms with E-state index in [1.807, 2.05) is 0 Å². The van der Waals surface area contributed by atoms with Gasteiger partial charge in [0.15, 0.2) is 0 Å². The van der Waals surface area contributed by atoms with Gasteiger partial charge in [-0.25, -0.2) is 0 Å². The maximum absolute atomic E-state index is 9.24. The normalized spacial score (nSPS) is 3.36. The van der Waals surface area contributed by atoms with Crippen molar-refractivity contribution in [2.24, 2.45) is 5.73 Å². The Bertz CT molecular complexity index is 51.7. The summed E-state index contributed by atoms with van der Waals surface area (Å²) in [6.07, 6.45) is 0. The summed E-state index contributed by atoms with van der Waals surface area (Å²) in [5.41, 5.74) is 4.57. The van der Waals surface area contributed by atoms with Gasteiger partial charge in [-0.15, -0.1) is 0 Å². The molecule has 0 heterocycles. The molecule has 0 saturated carbocycles. The van der Waals surface area contributed by atoms with E-state index in [2.05, 4.69) is 5.73 Å². The molecular weight excluding hydrogens is 215 g/mol. The standard InChI is InChI=1S/C2H5NO2.5H2O.Zn/c3-1-2(4)5;;;;;;/h1,3H2,(H,4,5);5*1H2;. The third-order valence-electron chi connectivity index (χ3n) is 0.175. The monoisotopic (exact) mass is 229 g/mol. The second kappa shape index (κ2) is 52.0. The molecule has 0 aliphatic heterocycles. The number of aliphatic carboxylic acids is 1. The summed E-state index contributed by atoms with van der Waals surface area (Å²) in [5, 5.41) is 7.60. The summed E-state index contributed by atoms with van der Waals surface area (Å²) >= 11 is 0. The van der Waals surface area contributed by atoms with E-state index in [1.165, 1.54) is 0 Å². The topological polar surface area (TPSA) is 221 Å². The van der Waals surface area contributed by atoms with E-state index in [4.69, 9.17) is 5.11 Å². The van der Waals surface area contributed by atoms with Crippen LogP contribution in [0.5, 0.6) is 0 Å². The van der Waals surface area contributed by atoms with Crippen LogP contribution < -0.4 is 5.73 Å². The van der Waals surface area contributed by atoms with Crippen LogP contribution in [0.1, 0.15) is 0 Å². The van der Waals surface area contributed by atoms with E-state index in [1.54, 1.807) is 0 Å². The van der Waals surface area contributed by atoms with Gasteiger partial charge in [-0.3, -0.25) is 4.79 Å². The van der Waals surface area contributed by atoms with Crippen molar-refractivity contribution in [1.29, 1.82) is 0 Å². The third kappa shape index (κ3) is 177. The number of hydrogen-bond acceptors (Lipinski definition) is 2. The minimum Gasteiger partial charge on any atom is -0.480 e. The van der Waals surface area contributed by atoms with Gasteiger partial charge in [0.2, 0.25) is 0 Å². The van der Waals surface area contributed by atoms with Gasteiger partial charge in [0.1, 0.15) is 0 Å². The third-order valence-corrected chi connectivity index (χ3v) is 0.175. The van der Waals surface area contributed by atoms with Gasteiger partial charge in [-0.05, 0) is 0 Å². The fourth-order valence-corrected chi connectivity index (χ4v) is 0. The molecule has 0 aromatic rings. The van der Waals surface area contributed by atoms with Crippen LogP contribution in [0.25, 0.3) is 0 Å². The quantitative estimate of drug-likeness (QED) is 0.422. The fourth-order valence-electron chi connectivity index (χ4n) is 0. The van der Waals surface area contributed by atoms with Crippen molar-refractivity contribution in [1.82, 2.24) is 0 Å². The first kappa shape index (κ1) is 71.0. The molecule has 72 valence electrons. The number of nitrogens with two attached hydrogens (primary N) is 1. The maximum Gasteiger partial charge on any atom is 0.317 e. The molecule has 0 rings (SSSR count). The summed E-state index contributed by atoms with van der Waals surface area (Å²) in [4.78, 5) is 9.24. The molecule has 0 bridgehead atoms. The number of carboxylic acid groups (broad SMARTS) is 1. The maximum atomic E-state index is 9.24. The van der Waals surface area contributed by atoms with Gasteiger partial charge < -0.3 is 38.2 Å². The molecule has 0 aliphatic rings. The van der Waals surface area contributed by atoms with Crippen molar-refractivity contribution in [3.63, 3.8) is 0 Å².